The Labute approximate surface area is 237 Å². The maximum Gasteiger partial charge on any atom is 0.314 e. The lowest BCUT2D eigenvalue weighted by Crippen LogP contribution is -2.44. The number of carbonyl (C=O) groups excluding carboxylic acids is 2. The van der Waals surface area contributed by atoms with Gasteiger partial charge in [-0.2, -0.15) is 0 Å². The number of likely N-dealkylation sites (tertiary alicyclic amines) is 2. The number of nitrogens with zero attached hydrogens (tertiary/aromatic N) is 3. The minimum Gasteiger partial charge on any atom is -0.351 e. The van der Waals surface area contributed by atoms with Gasteiger partial charge in [-0.05, 0) is 79.2 Å². The van der Waals surface area contributed by atoms with Crippen LogP contribution < -0.4 is 5.73 Å². The first-order valence-corrected chi connectivity index (χ1v) is 14.8. The summed E-state index contributed by atoms with van der Waals surface area (Å²) in [6.07, 6.45) is 11.9. The van der Waals surface area contributed by atoms with E-state index in [0.29, 0.717) is 31.3 Å². The van der Waals surface area contributed by atoms with Gasteiger partial charge in [0.2, 0.25) is 5.91 Å². The third kappa shape index (κ3) is 5.94. The van der Waals surface area contributed by atoms with Crippen molar-refractivity contribution < 1.29 is 9.59 Å². The molecule has 0 aromatic heterocycles. The van der Waals surface area contributed by atoms with Gasteiger partial charge in [0.05, 0.1) is 11.1 Å². The van der Waals surface area contributed by atoms with E-state index in [-0.39, 0.29) is 23.2 Å². The number of rotatable bonds is 3. The Bertz CT molecular complexity index is 1150. The molecule has 2 fully saturated rings. The van der Waals surface area contributed by atoms with Crippen molar-refractivity contribution >= 4 is 57.3 Å². The molecule has 198 valence electrons. The van der Waals surface area contributed by atoms with Crippen molar-refractivity contribution in [2.24, 2.45) is 22.6 Å². The highest BCUT2D eigenvalue weighted by atomic mass is 79.9. The number of aliphatic imine (C=N–C) groups is 1. The fourth-order valence-electron chi connectivity index (χ4n) is 6.34. The third-order valence-corrected chi connectivity index (χ3v) is 9.50. The van der Waals surface area contributed by atoms with Gasteiger partial charge in [-0.15, -0.1) is 11.6 Å². The summed E-state index contributed by atoms with van der Waals surface area (Å²) in [4.78, 5) is 33.2. The Balaban J connectivity index is 1.32. The number of fused-ring (bicyclic) bond motifs is 1. The Kier molecular flexibility index (Phi) is 8.32. The molecule has 2 unspecified atom stereocenters. The molecule has 2 atom stereocenters. The van der Waals surface area contributed by atoms with Crippen LogP contribution in [0.4, 0.5) is 4.79 Å². The number of allylic oxidation sites excluding steroid dienone is 4. The summed E-state index contributed by atoms with van der Waals surface area (Å²) in [5.41, 5.74) is 10.3. The number of benzene rings is 1. The van der Waals surface area contributed by atoms with E-state index in [1.807, 2.05) is 23.3 Å². The second-order valence-corrected chi connectivity index (χ2v) is 12.4. The zero-order valence-corrected chi connectivity index (χ0v) is 23.9. The summed E-state index contributed by atoms with van der Waals surface area (Å²) in [6, 6.07) is 3.72. The molecule has 1 aliphatic carbocycles. The number of halogens is 3. The number of alkyl halides is 1. The van der Waals surface area contributed by atoms with Crippen LogP contribution in [0.2, 0.25) is 5.02 Å². The Hall–Kier alpha value is -1.83. The van der Waals surface area contributed by atoms with Crippen LogP contribution in [-0.2, 0) is 11.2 Å². The van der Waals surface area contributed by atoms with Gasteiger partial charge in [-0.1, -0.05) is 39.7 Å². The highest BCUT2D eigenvalue weighted by Crippen LogP contribution is 2.48. The summed E-state index contributed by atoms with van der Waals surface area (Å²) in [5.74, 6) is 1.03. The highest BCUT2D eigenvalue weighted by Gasteiger charge is 2.37. The van der Waals surface area contributed by atoms with Crippen molar-refractivity contribution in [3.05, 3.63) is 56.2 Å². The maximum absolute atomic E-state index is 13.2. The van der Waals surface area contributed by atoms with Crippen LogP contribution in [0.5, 0.6) is 0 Å². The molecule has 1 aromatic rings. The molecule has 9 heteroatoms. The van der Waals surface area contributed by atoms with Gasteiger partial charge in [-0.3, -0.25) is 9.79 Å². The number of amides is 3. The van der Waals surface area contributed by atoms with Crippen molar-refractivity contribution in [1.82, 2.24) is 9.80 Å². The lowest BCUT2D eigenvalue weighted by Gasteiger charge is -2.38. The molecule has 6 nitrogen and oxygen atoms in total. The van der Waals surface area contributed by atoms with Crippen LogP contribution in [-0.4, -0.2) is 59.5 Å². The molecule has 0 radical (unpaired) electrons. The zero-order chi connectivity index (χ0) is 26.1. The minimum absolute atomic E-state index is 0.123. The molecule has 3 heterocycles. The smallest absolute Gasteiger partial charge is 0.314 e. The predicted octanol–water partition coefficient (Wildman–Crippen LogP) is 6.05. The van der Waals surface area contributed by atoms with E-state index in [1.54, 1.807) is 4.90 Å². The fourth-order valence-corrected chi connectivity index (χ4v) is 7.59. The van der Waals surface area contributed by atoms with Gasteiger partial charge in [-0.25, -0.2) is 4.79 Å². The molecule has 3 aliphatic heterocycles. The van der Waals surface area contributed by atoms with Gasteiger partial charge in [0.25, 0.3) is 0 Å². The van der Waals surface area contributed by atoms with Crippen molar-refractivity contribution in [2.75, 3.05) is 26.2 Å². The number of urea groups is 1. The Morgan fingerprint density at radius 3 is 2.46 bits per heavy atom. The SMILES string of the molecule is NC(=O)N1CCC(CC(=O)N2CCC(C3C4=C(C=CC(Cl)C=N4)CCc4cc(Cl)cc(Br)c43)CC2)CC1. The van der Waals surface area contributed by atoms with Gasteiger partial charge in [0.1, 0.15) is 0 Å². The van der Waals surface area contributed by atoms with Crippen LogP contribution in [0.1, 0.15) is 55.6 Å². The van der Waals surface area contributed by atoms with E-state index in [2.05, 4.69) is 28.1 Å². The largest absolute Gasteiger partial charge is 0.351 e. The predicted molar refractivity (Wildman–Crippen MR) is 152 cm³/mol. The van der Waals surface area contributed by atoms with Crippen LogP contribution in [0.15, 0.2) is 45.0 Å². The van der Waals surface area contributed by atoms with E-state index in [0.717, 1.165) is 66.8 Å². The van der Waals surface area contributed by atoms with Crippen LogP contribution >= 0.6 is 39.1 Å². The summed E-state index contributed by atoms with van der Waals surface area (Å²) < 4.78 is 1.03. The number of carbonyl (C=O) groups is 2. The molecular formula is C28H33BrCl2N4O2. The van der Waals surface area contributed by atoms with E-state index in [1.165, 1.54) is 16.7 Å². The molecule has 37 heavy (non-hydrogen) atoms. The molecule has 0 saturated carbocycles. The van der Waals surface area contributed by atoms with Crippen molar-refractivity contribution in [1.29, 1.82) is 0 Å². The van der Waals surface area contributed by atoms with Gasteiger partial charge in [0, 0.05) is 54.2 Å². The fraction of sp³-hybridized carbons (Fsp3) is 0.536. The molecule has 0 spiro atoms. The monoisotopic (exact) mass is 606 g/mol. The summed E-state index contributed by atoms with van der Waals surface area (Å²) in [6.45, 7) is 2.79. The minimum atomic E-state index is -0.367. The highest BCUT2D eigenvalue weighted by molar-refractivity contribution is 9.10. The average molecular weight is 608 g/mol. The molecule has 2 saturated heterocycles. The number of primary amides is 1. The quantitative estimate of drug-likeness (QED) is 0.424. The topological polar surface area (TPSA) is 79.0 Å². The second-order valence-electron chi connectivity index (χ2n) is 10.6. The van der Waals surface area contributed by atoms with E-state index < -0.39 is 0 Å². The van der Waals surface area contributed by atoms with Crippen molar-refractivity contribution in [3.8, 4) is 0 Å². The average Bonchev–Trinajstić information content (AvgIpc) is 3.15. The van der Waals surface area contributed by atoms with E-state index in [9.17, 15) is 9.59 Å². The van der Waals surface area contributed by atoms with Crippen LogP contribution in [0.3, 0.4) is 0 Å². The first-order valence-electron chi connectivity index (χ1n) is 13.2. The van der Waals surface area contributed by atoms with Gasteiger partial charge >= 0.3 is 6.03 Å². The standard InChI is InChI=1S/C28H33BrCl2N4O2/c29-23-15-22(31)14-20-2-1-19-3-4-21(30)16-33-27(19)26(25(20)23)18-7-11-34(12-8-18)24(36)13-17-5-9-35(10-6-17)28(32)37/h3-4,14-18,21,26H,1-2,5-13H2,(H2,32,37). The molecule has 4 aliphatic rings. The summed E-state index contributed by atoms with van der Waals surface area (Å²) in [5, 5.41) is 0.526. The lowest BCUT2D eigenvalue weighted by molar-refractivity contribution is -0.134. The van der Waals surface area contributed by atoms with Gasteiger partial charge in [0.15, 0.2) is 0 Å². The van der Waals surface area contributed by atoms with Crippen molar-refractivity contribution in [2.45, 2.75) is 56.2 Å². The third-order valence-electron chi connectivity index (χ3n) is 8.37. The summed E-state index contributed by atoms with van der Waals surface area (Å²) >= 11 is 16.7. The number of piperidine rings is 2. The summed E-state index contributed by atoms with van der Waals surface area (Å²) in [7, 11) is 0. The number of aryl methyl sites for hydroxylation is 1. The molecule has 2 N–H and O–H groups in total. The second kappa shape index (κ2) is 11.5. The first-order chi connectivity index (χ1) is 17.8. The maximum atomic E-state index is 13.2. The number of nitrogens with two attached hydrogens (primary N) is 1. The lowest BCUT2D eigenvalue weighted by atomic mass is 9.76. The van der Waals surface area contributed by atoms with Gasteiger partial charge < -0.3 is 15.5 Å². The molecular weight excluding hydrogens is 575 g/mol. The van der Waals surface area contributed by atoms with Crippen molar-refractivity contribution in [3.63, 3.8) is 0 Å². The normalized spacial score (nSPS) is 24.9. The Morgan fingerprint density at radius 1 is 1.05 bits per heavy atom. The van der Waals surface area contributed by atoms with Crippen LogP contribution in [0.25, 0.3) is 0 Å². The zero-order valence-electron chi connectivity index (χ0n) is 20.8. The van der Waals surface area contributed by atoms with E-state index >= 15 is 0 Å². The molecule has 1 aromatic carbocycles. The molecule has 3 amide bonds. The molecule has 0 bridgehead atoms. The number of hydrogen-bond acceptors (Lipinski definition) is 3. The molecule has 5 rings (SSSR count). The van der Waals surface area contributed by atoms with Crippen LogP contribution in [0, 0.1) is 11.8 Å². The van der Waals surface area contributed by atoms with E-state index in [4.69, 9.17) is 33.9 Å². The number of hydrogen-bond donors (Lipinski definition) is 1. The first kappa shape index (κ1) is 26.8. The Morgan fingerprint density at radius 2 is 1.76 bits per heavy atom.